The smallest absolute Gasteiger partial charge is 0.311 e. The monoisotopic (exact) mass is 544 g/mol. The average Bonchev–Trinajstić information content (AvgIpc) is 3.16. The molecule has 1 aromatic carbocycles. The fourth-order valence-corrected chi connectivity index (χ4v) is 8.94. The number of aliphatic hydroxyl groups excluding tert-OH is 1. The number of carbonyl (C=O) groups excluding carboxylic acids is 3. The van der Waals surface area contributed by atoms with Gasteiger partial charge in [0.25, 0.3) is 5.91 Å². The van der Waals surface area contributed by atoms with Crippen LogP contribution in [0.3, 0.4) is 0 Å². The van der Waals surface area contributed by atoms with Gasteiger partial charge in [0.15, 0.2) is 0 Å². The second kappa shape index (κ2) is 10.1. The van der Waals surface area contributed by atoms with E-state index < -0.39 is 27.4 Å². The highest BCUT2D eigenvalue weighted by atomic mass is 35.5. The number of carbonyl (C=O) groups is 3. The summed E-state index contributed by atoms with van der Waals surface area (Å²) in [5.74, 6) is -2.16. The van der Waals surface area contributed by atoms with Crippen molar-refractivity contribution in [3.05, 3.63) is 53.1 Å². The number of esters is 1. The molecule has 198 valence electrons. The van der Waals surface area contributed by atoms with Crippen molar-refractivity contribution in [2.75, 3.05) is 31.2 Å². The zero-order chi connectivity index (χ0) is 26.4. The van der Waals surface area contributed by atoms with E-state index in [4.69, 9.17) is 16.3 Å². The van der Waals surface area contributed by atoms with Gasteiger partial charge in [-0.2, -0.15) is 0 Å². The lowest BCUT2D eigenvalue weighted by atomic mass is 9.74. The molecular weight excluding hydrogens is 512 g/mol. The molecule has 37 heavy (non-hydrogen) atoms. The van der Waals surface area contributed by atoms with E-state index in [1.807, 2.05) is 50.3 Å². The number of cyclic esters (lactones) is 1. The summed E-state index contributed by atoms with van der Waals surface area (Å²) in [6.07, 6.45) is 10.6. The Morgan fingerprint density at radius 3 is 2.68 bits per heavy atom. The van der Waals surface area contributed by atoms with Crippen molar-refractivity contribution in [3.63, 3.8) is 0 Å². The molecule has 2 amide bonds. The molecule has 5 atom stereocenters. The molecule has 1 spiro atoms. The van der Waals surface area contributed by atoms with Crippen LogP contribution in [0.4, 0.5) is 5.69 Å². The predicted octanol–water partition coefficient (Wildman–Crippen LogP) is 3.90. The van der Waals surface area contributed by atoms with Crippen molar-refractivity contribution in [3.8, 4) is 0 Å². The van der Waals surface area contributed by atoms with Crippen LogP contribution in [0.25, 0.3) is 0 Å². The molecular formula is C28H33ClN2O5S. The van der Waals surface area contributed by atoms with Crippen LogP contribution in [0.2, 0.25) is 5.02 Å². The summed E-state index contributed by atoms with van der Waals surface area (Å²) >= 11 is 8.14. The quantitative estimate of drug-likeness (QED) is 0.332. The van der Waals surface area contributed by atoms with E-state index in [2.05, 4.69) is 0 Å². The Kier molecular flexibility index (Phi) is 7.20. The molecule has 0 bridgehead atoms. The molecule has 9 heteroatoms. The standard InChI is InChI=1S/C28H33ClN2O5S/c1-18-10-8-11-19(29)22(18)30-15-9-13-28-20(21-26(35)36-17-7-4-12-27(21,2)37-28)24(33)31(23(28)25(30)34)14-5-3-6-16-32/h4,8-13,20-21,23,32H,3,5-7,14-17H2,1-2H3/t20-,21-,23?,27+,28-/m0/s1. The minimum absolute atomic E-state index is 0.0830. The minimum Gasteiger partial charge on any atom is -0.465 e. The molecule has 0 aliphatic carbocycles. The lowest BCUT2D eigenvalue weighted by Gasteiger charge is -2.37. The molecule has 0 saturated carbocycles. The van der Waals surface area contributed by atoms with Crippen molar-refractivity contribution in [1.29, 1.82) is 0 Å². The third kappa shape index (κ3) is 4.21. The zero-order valence-electron chi connectivity index (χ0n) is 21.2. The van der Waals surface area contributed by atoms with Gasteiger partial charge >= 0.3 is 5.97 Å². The molecule has 4 heterocycles. The van der Waals surface area contributed by atoms with E-state index in [1.165, 1.54) is 0 Å². The lowest BCUT2D eigenvalue weighted by molar-refractivity contribution is -0.154. The number of halogens is 1. The van der Waals surface area contributed by atoms with Crippen molar-refractivity contribution >= 4 is 46.8 Å². The van der Waals surface area contributed by atoms with Gasteiger partial charge in [0.05, 0.1) is 33.9 Å². The summed E-state index contributed by atoms with van der Waals surface area (Å²) in [4.78, 5) is 45.4. The maximum Gasteiger partial charge on any atom is 0.311 e. The first kappa shape index (κ1) is 26.3. The number of para-hydroxylation sites is 1. The number of nitrogens with zero attached hydrogens (tertiary/aromatic N) is 2. The summed E-state index contributed by atoms with van der Waals surface area (Å²) in [7, 11) is 0. The van der Waals surface area contributed by atoms with Crippen LogP contribution in [0.1, 0.15) is 38.2 Å². The number of unbranched alkanes of at least 4 members (excludes halogenated alkanes) is 2. The third-order valence-electron chi connectivity index (χ3n) is 8.04. The van der Waals surface area contributed by atoms with Gasteiger partial charge in [-0.3, -0.25) is 14.4 Å². The van der Waals surface area contributed by atoms with E-state index in [1.54, 1.807) is 27.6 Å². The van der Waals surface area contributed by atoms with Gasteiger partial charge in [0.1, 0.15) is 6.04 Å². The van der Waals surface area contributed by atoms with E-state index in [9.17, 15) is 19.5 Å². The number of aryl methyl sites for hydroxylation is 1. The molecule has 1 aromatic rings. The van der Waals surface area contributed by atoms with Crippen molar-refractivity contribution in [1.82, 2.24) is 4.90 Å². The van der Waals surface area contributed by atoms with Gasteiger partial charge < -0.3 is 19.6 Å². The second-order valence-electron chi connectivity index (χ2n) is 10.4. The number of fused-ring (bicyclic) bond motifs is 2. The van der Waals surface area contributed by atoms with Gasteiger partial charge in [-0.15, -0.1) is 11.8 Å². The van der Waals surface area contributed by atoms with E-state index >= 15 is 0 Å². The van der Waals surface area contributed by atoms with Crippen LogP contribution in [-0.2, 0) is 19.1 Å². The van der Waals surface area contributed by atoms with Crippen LogP contribution in [0, 0.1) is 18.8 Å². The van der Waals surface area contributed by atoms with E-state index in [0.717, 1.165) is 12.0 Å². The molecule has 0 aromatic heterocycles. The molecule has 1 N–H and O–H groups in total. The number of benzene rings is 1. The first-order chi connectivity index (χ1) is 17.7. The molecule has 4 aliphatic rings. The fourth-order valence-electron chi connectivity index (χ4n) is 6.46. The van der Waals surface area contributed by atoms with Crippen molar-refractivity contribution in [2.45, 2.75) is 55.1 Å². The molecule has 7 nitrogen and oxygen atoms in total. The molecule has 0 radical (unpaired) electrons. The number of likely N-dealkylation sites (tertiary alicyclic amines) is 1. The van der Waals surface area contributed by atoms with Crippen molar-refractivity contribution < 1.29 is 24.2 Å². The summed E-state index contributed by atoms with van der Waals surface area (Å²) in [5.41, 5.74) is 1.52. The predicted molar refractivity (Wildman–Crippen MR) is 145 cm³/mol. The Morgan fingerprint density at radius 1 is 1.11 bits per heavy atom. The van der Waals surface area contributed by atoms with Crippen LogP contribution >= 0.6 is 23.4 Å². The van der Waals surface area contributed by atoms with Crippen LogP contribution in [0.15, 0.2) is 42.5 Å². The number of thioether (sulfide) groups is 1. The average molecular weight is 545 g/mol. The third-order valence-corrected chi connectivity index (χ3v) is 10.1. The Morgan fingerprint density at radius 2 is 1.92 bits per heavy atom. The Balaban J connectivity index is 1.62. The van der Waals surface area contributed by atoms with Gasteiger partial charge in [0.2, 0.25) is 5.91 Å². The first-order valence-corrected chi connectivity index (χ1v) is 14.1. The maximum atomic E-state index is 14.5. The molecule has 4 aliphatic heterocycles. The fraction of sp³-hybridized carbons (Fsp3) is 0.536. The summed E-state index contributed by atoms with van der Waals surface area (Å²) < 4.78 is 3.99. The Labute approximate surface area is 226 Å². The Bertz CT molecular complexity index is 1150. The number of anilines is 1. The number of aliphatic hydroxyl groups is 1. The van der Waals surface area contributed by atoms with E-state index in [0.29, 0.717) is 43.1 Å². The number of hydrogen-bond acceptors (Lipinski definition) is 6. The van der Waals surface area contributed by atoms with Gasteiger partial charge in [-0.1, -0.05) is 48.0 Å². The highest BCUT2D eigenvalue weighted by Crippen LogP contribution is 2.65. The highest BCUT2D eigenvalue weighted by Gasteiger charge is 2.73. The zero-order valence-corrected chi connectivity index (χ0v) is 22.8. The summed E-state index contributed by atoms with van der Waals surface area (Å²) in [6.45, 7) is 4.97. The Hall–Kier alpha value is -2.29. The largest absolute Gasteiger partial charge is 0.465 e. The molecule has 2 fully saturated rings. The van der Waals surface area contributed by atoms with Crippen LogP contribution in [0.5, 0.6) is 0 Å². The van der Waals surface area contributed by atoms with E-state index in [-0.39, 0.29) is 31.0 Å². The highest BCUT2D eigenvalue weighted by molar-refractivity contribution is 8.02. The molecule has 2 saturated heterocycles. The van der Waals surface area contributed by atoms with Crippen LogP contribution < -0.4 is 4.90 Å². The van der Waals surface area contributed by atoms with Gasteiger partial charge in [-0.25, -0.2) is 0 Å². The second-order valence-corrected chi connectivity index (χ2v) is 12.6. The number of rotatable bonds is 6. The molecule has 1 unspecified atom stereocenters. The van der Waals surface area contributed by atoms with Crippen molar-refractivity contribution in [2.24, 2.45) is 11.8 Å². The molecule has 5 rings (SSSR count). The maximum absolute atomic E-state index is 14.5. The van der Waals surface area contributed by atoms with Crippen LogP contribution in [-0.4, -0.2) is 69.6 Å². The topological polar surface area (TPSA) is 87.2 Å². The normalized spacial score (nSPS) is 33.0. The van der Waals surface area contributed by atoms with Gasteiger partial charge in [-0.05, 0) is 51.2 Å². The minimum atomic E-state index is -0.915. The summed E-state index contributed by atoms with van der Waals surface area (Å²) in [5, 5.41) is 9.71. The summed E-state index contributed by atoms with van der Waals surface area (Å²) in [6, 6.07) is 4.75. The number of hydrogen-bond donors (Lipinski definition) is 1. The first-order valence-electron chi connectivity index (χ1n) is 13.0. The lowest BCUT2D eigenvalue weighted by Crippen LogP contribution is -2.53. The number of amides is 2. The number of ether oxygens (including phenoxy) is 1. The SMILES string of the molecule is Cc1cccc(Cl)c1N1CC=C[C@]23S[C@]4(C)C=CCCOC(=O)[C@@H]4[C@H]2C(=O)N(CCCCCO)C3C1=O. The van der Waals surface area contributed by atoms with Gasteiger partial charge in [0, 0.05) is 24.4 Å².